The first-order valence-electron chi connectivity index (χ1n) is 22.7. The van der Waals surface area contributed by atoms with E-state index in [2.05, 4.69) is 25.7 Å². The highest BCUT2D eigenvalue weighted by Gasteiger charge is 2.21. The van der Waals surface area contributed by atoms with E-state index in [0.717, 1.165) is 44.1 Å². The van der Waals surface area contributed by atoms with E-state index in [9.17, 15) is 23.8 Å². The largest absolute Gasteiger partial charge is 0.756 e. The molecular weight excluding hydrogens is 741 g/mol. The predicted molar refractivity (Wildman–Crippen MR) is 230 cm³/mol. The molecule has 0 saturated carbocycles. The van der Waals surface area contributed by atoms with Gasteiger partial charge in [-0.15, -0.1) is 0 Å². The van der Waals surface area contributed by atoms with Gasteiger partial charge in [-0.1, -0.05) is 193 Å². The highest BCUT2D eigenvalue weighted by molar-refractivity contribution is 7.45. The molecule has 2 atom stereocenters. The van der Waals surface area contributed by atoms with Gasteiger partial charge in [0, 0.05) is 24.9 Å². The fourth-order valence-corrected chi connectivity index (χ4v) is 7.34. The molecule has 0 heterocycles. The minimum atomic E-state index is -4.82. The molecule has 0 spiro atoms. The Bertz CT molecular complexity index is 1210. The minimum absolute atomic E-state index is 0.0774. The van der Waals surface area contributed by atoms with Crippen LogP contribution in [0.3, 0.4) is 0 Å². The number of esters is 2. The van der Waals surface area contributed by atoms with Crippen molar-refractivity contribution < 1.29 is 42.4 Å². The average molecular weight is 821 g/mol. The van der Waals surface area contributed by atoms with Gasteiger partial charge >= 0.3 is 11.9 Å². The van der Waals surface area contributed by atoms with Gasteiger partial charge in [-0.2, -0.15) is 0 Å². The Morgan fingerprint density at radius 3 is 1.49 bits per heavy atom. The number of carbonyl (C=O) groups excluding carboxylic acids is 3. The van der Waals surface area contributed by atoms with Crippen LogP contribution in [0.25, 0.3) is 6.08 Å². The van der Waals surface area contributed by atoms with Gasteiger partial charge in [0.25, 0.3) is 13.7 Å². The van der Waals surface area contributed by atoms with Crippen molar-refractivity contribution in [2.45, 2.75) is 200 Å². The third-order valence-corrected chi connectivity index (χ3v) is 11.1. The first-order valence-corrected chi connectivity index (χ1v) is 24.1. The summed E-state index contributed by atoms with van der Waals surface area (Å²) < 4.78 is 33.4. The molecule has 328 valence electrons. The van der Waals surface area contributed by atoms with Crippen molar-refractivity contribution in [3.8, 4) is 0 Å². The lowest BCUT2D eigenvalue weighted by Gasteiger charge is -2.25. The number of unbranched alkanes of at least 4 members (excludes halogenated alkanes) is 24. The molecule has 1 rings (SSSR count). The van der Waals surface area contributed by atoms with Gasteiger partial charge in [0.05, 0.1) is 13.2 Å². The summed E-state index contributed by atoms with van der Waals surface area (Å²) in [7, 11) is -4.82. The second kappa shape index (κ2) is 36.6. The molecule has 1 unspecified atom stereocenters. The van der Waals surface area contributed by atoms with Crippen molar-refractivity contribution in [2.75, 3.05) is 26.4 Å². The van der Waals surface area contributed by atoms with Crippen molar-refractivity contribution in [2.24, 2.45) is 0 Å². The summed E-state index contributed by atoms with van der Waals surface area (Å²) in [6, 6.07) is 6.78. The predicted octanol–water partition coefficient (Wildman–Crippen LogP) is 12.0. The van der Waals surface area contributed by atoms with E-state index in [-0.39, 0.29) is 38.5 Å². The molecule has 0 saturated heterocycles. The molecule has 0 aliphatic carbocycles. The molecular formula is C46H79NO9P-. The van der Waals surface area contributed by atoms with E-state index in [1.807, 2.05) is 0 Å². The first kappa shape index (κ1) is 52.5. The number of carbonyl (C=O) groups is 3. The molecule has 1 aromatic carbocycles. The third kappa shape index (κ3) is 32.1. The number of phosphoric acid groups is 1. The normalized spacial score (nSPS) is 12.8. The van der Waals surface area contributed by atoms with E-state index in [4.69, 9.17) is 18.5 Å². The van der Waals surface area contributed by atoms with Crippen molar-refractivity contribution in [3.63, 3.8) is 0 Å². The fourth-order valence-electron chi connectivity index (χ4n) is 6.60. The zero-order valence-corrected chi connectivity index (χ0v) is 36.8. The van der Waals surface area contributed by atoms with E-state index >= 15 is 0 Å². The lowest BCUT2D eigenvalue weighted by molar-refractivity contribution is -0.228. The zero-order valence-electron chi connectivity index (χ0n) is 35.9. The number of nitrogens with one attached hydrogen (secondary N) is 1. The van der Waals surface area contributed by atoms with Crippen molar-refractivity contribution >= 4 is 31.7 Å². The van der Waals surface area contributed by atoms with Crippen molar-refractivity contribution in [3.05, 3.63) is 42.0 Å². The van der Waals surface area contributed by atoms with E-state index < -0.39 is 32.5 Å². The summed E-state index contributed by atoms with van der Waals surface area (Å²) in [5.41, 5.74) is 1.28. The Morgan fingerprint density at radius 1 is 0.632 bits per heavy atom. The molecule has 0 aliphatic rings. The van der Waals surface area contributed by atoms with Crippen LogP contribution in [0.4, 0.5) is 0 Å². The van der Waals surface area contributed by atoms with Crippen LogP contribution in [0.1, 0.15) is 210 Å². The zero-order chi connectivity index (χ0) is 41.7. The maximum Gasteiger partial charge on any atom is 0.306 e. The minimum Gasteiger partial charge on any atom is -0.756 e. The van der Waals surface area contributed by atoms with Gasteiger partial charge in [-0.3, -0.25) is 18.9 Å². The number of hydrogen-bond acceptors (Lipinski definition) is 9. The fraction of sp³-hybridized carbons (Fsp3) is 0.761. The van der Waals surface area contributed by atoms with Crippen LogP contribution < -0.4 is 10.2 Å². The molecule has 11 heteroatoms. The first-order chi connectivity index (χ1) is 27.7. The lowest BCUT2D eigenvalue weighted by Crippen LogP contribution is -2.31. The van der Waals surface area contributed by atoms with E-state index in [1.165, 1.54) is 116 Å². The highest BCUT2D eigenvalue weighted by atomic mass is 31.2. The maximum absolute atomic E-state index is 12.7. The standard InChI is InChI=1S/C46H80NO9P/c1-4-7-9-11-13-15-17-19-21-23-25-27-29-31-44(48)53-39-43(56-45(49)32-30-28-26-24-22-20-18-16-14-12-10-8-5-2)40-55-57(51,52)54-38-37-47-46(50)42-35-33-41(6-3)34-36-42/h6,33-36,43H,3-5,7-32,37-40H2,1-2H3,(H,47,50)(H,51,52)/p-1/t43-/m0/s1. The quantitative estimate of drug-likeness (QED) is 0.0389. The smallest absolute Gasteiger partial charge is 0.306 e. The SMILES string of the molecule is C=Cc1ccc(C(=O)NCCOP(=O)([O-])OC[C@H](COC(=O)CCCCCCCCCCCCCCC)OC(=O)CCCCCCCCCCCCCCC)cc1. The Hall–Kier alpha value is -2.52. The summed E-state index contributed by atoms with van der Waals surface area (Å²) in [6.07, 6.45) is 32.1. The summed E-state index contributed by atoms with van der Waals surface area (Å²) >= 11 is 0. The number of hydrogen-bond donors (Lipinski definition) is 1. The molecule has 1 N–H and O–H groups in total. The van der Waals surface area contributed by atoms with Crippen LogP contribution in [0.15, 0.2) is 30.8 Å². The topological polar surface area (TPSA) is 140 Å². The van der Waals surface area contributed by atoms with Gasteiger partial charge < -0.3 is 28.7 Å². The monoisotopic (exact) mass is 821 g/mol. The molecule has 0 bridgehead atoms. The van der Waals surface area contributed by atoms with Crippen LogP contribution in [0.2, 0.25) is 0 Å². The van der Waals surface area contributed by atoms with Crippen LogP contribution in [0, 0.1) is 0 Å². The van der Waals surface area contributed by atoms with E-state index in [0.29, 0.717) is 18.4 Å². The second-order valence-corrected chi connectivity index (χ2v) is 16.8. The maximum atomic E-state index is 12.7. The second-order valence-electron chi connectivity index (χ2n) is 15.4. The molecule has 0 aromatic heterocycles. The van der Waals surface area contributed by atoms with Gasteiger partial charge in [0.1, 0.15) is 6.61 Å². The number of amides is 1. The molecule has 0 radical (unpaired) electrons. The van der Waals surface area contributed by atoms with Crippen LogP contribution in [-0.4, -0.2) is 50.3 Å². The highest BCUT2D eigenvalue weighted by Crippen LogP contribution is 2.38. The Kier molecular flexibility index (Phi) is 33.7. The summed E-state index contributed by atoms with van der Waals surface area (Å²) in [6.45, 7) is 6.86. The molecule has 0 fully saturated rings. The summed E-state index contributed by atoms with van der Waals surface area (Å²) in [5.74, 6) is -1.30. The lowest BCUT2D eigenvalue weighted by atomic mass is 10.0. The number of phosphoric ester groups is 1. The van der Waals surface area contributed by atoms with Gasteiger partial charge in [-0.25, -0.2) is 0 Å². The Labute approximate surface area is 346 Å². The van der Waals surface area contributed by atoms with Crippen LogP contribution in [0.5, 0.6) is 0 Å². The van der Waals surface area contributed by atoms with Crippen molar-refractivity contribution in [1.82, 2.24) is 5.32 Å². The van der Waals surface area contributed by atoms with Crippen LogP contribution >= 0.6 is 7.82 Å². The molecule has 10 nitrogen and oxygen atoms in total. The van der Waals surface area contributed by atoms with Gasteiger partial charge in [-0.05, 0) is 30.5 Å². The molecule has 0 aliphatic heterocycles. The molecule has 57 heavy (non-hydrogen) atoms. The van der Waals surface area contributed by atoms with E-state index in [1.54, 1.807) is 30.3 Å². The Balaban J connectivity index is 2.41. The van der Waals surface area contributed by atoms with Crippen LogP contribution in [-0.2, 0) is 32.7 Å². The van der Waals surface area contributed by atoms with Gasteiger partial charge in [0.15, 0.2) is 6.10 Å². The number of ether oxygens (including phenoxy) is 2. The van der Waals surface area contributed by atoms with Gasteiger partial charge in [0.2, 0.25) is 0 Å². The third-order valence-electron chi connectivity index (χ3n) is 10.2. The Morgan fingerprint density at radius 2 is 1.05 bits per heavy atom. The van der Waals surface area contributed by atoms with Crippen molar-refractivity contribution in [1.29, 1.82) is 0 Å². The molecule has 1 amide bonds. The molecule has 1 aromatic rings. The summed E-state index contributed by atoms with van der Waals surface area (Å²) in [4.78, 5) is 50.1. The number of benzene rings is 1. The summed E-state index contributed by atoms with van der Waals surface area (Å²) in [5, 5.41) is 2.60. The average Bonchev–Trinajstić information content (AvgIpc) is 3.21. The number of rotatable bonds is 40.